The van der Waals surface area contributed by atoms with Crippen LogP contribution in [-0.2, 0) is 6.42 Å². The molecule has 32 heavy (non-hydrogen) atoms. The van der Waals surface area contributed by atoms with Crippen molar-refractivity contribution in [2.75, 3.05) is 0 Å². The van der Waals surface area contributed by atoms with Gasteiger partial charge in [0.25, 0.3) is 0 Å². The van der Waals surface area contributed by atoms with E-state index in [0.717, 1.165) is 52.6 Å². The summed E-state index contributed by atoms with van der Waals surface area (Å²) in [5.41, 5.74) is 7.91. The summed E-state index contributed by atoms with van der Waals surface area (Å²) in [5, 5.41) is 22.6. The number of rotatable bonds is 7. The molecule has 0 fully saturated rings. The van der Waals surface area contributed by atoms with Crippen molar-refractivity contribution in [2.24, 2.45) is 5.18 Å². The fourth-order valence-electron chi connectivity index (χ4n) is 3.97. The number of hydrogen-bond acceptors (Lipinski definition) is 4. The first-order valence-corrected chi connectivity index (χ1v) is 10.8. The van der Waals surface area contributed by atoms with Crippen molar-refractivity contribution in [1.29, 1.82) is 0 Å². The molecule has 0 aliphatic heterocycles. The van der Waals surface area contributed by atoms with Gasteiger partial charge in [-0.3, -0.25) is 0 Å². The lowest BCUT2D eigenvalue weighted by atomic mass is 9.85. The summed E-state index contributed by atoms with van der Waals surface area (Å²) >= 11 is 0. The molecule has 0 unspecified atom stereocenters. The van der Waals surface area contributed by atoms with E-state index in [2.05, 4.69) is 24.2 Å². The van der Waals surface area contributed by atoms with Gasteiger partial charge in [-0.25, -0.2) is 0 Å². The zero-order chi connectivity index (χ0) is 22.5. The molecule has 0 radical (unpaired) electrons. The molecule has 0 saturated heterocycles. The number of phenols is 2. The van der Waals surface area contributed by atoms with E-state index in [1.54, 1.807) is 36.4 Å². The summed E-state index contributed by atoms with van der Waals surface area (Å²) in [4.78, 5) is 10.9. The van der Waals surface area contributed by atoms with Gasteiger partial charge < -0.3 is 10.2 Å². The summed E-state index contributed by atoms with van der Waals surface area (Å²) < 4.78 is 0. The van der Waals surface area contributed by atoms with Crippen molar-refractivity contribution in [3.8, 4) is 44.9 Å². The Bertz CT molecular complexity index is 1210. The lowest BCUT2D eigenvalue weighted by Gasteiger charge is -2.19. The van der Waals surface area contributed by atoms with Gasteiger partial charge in [0.15, 0.2) is 0 Å². The van der Waals surface area contributed by atoms with Crippen LogP contribution >= 0.6 is 0 Å². The minimum atomic E-state index is 0.226. The quantitative estimate of drug-likeness (QED) is 0.297. The molecular weight excluding hydrogens is 398 g/mol. The van der Waals surface area contributed by atoms with Crippen molar-refractivity contribution < 1.29 is 10.2 Å². The van der Waals surface area contributed by atoms with Gasteiger partial charge in [-0.15, -0.1) is 4.91 Å². The number of benzene rings is 4. The highest BCUT2D eigenvalue weighted by atomic mass is 16.3. The van der Waals surface area contributed by atoms with Crippen molar-refractivity contribution in [2.45, 2.75) is 26.2 Å². The van der Waals surface area contributed by atoms with Gasteiger partial charge in [0.05, 0.1) is 0 Å². The standard InChI is InChI=1S/C28H25NO3/c1-2-3-4-26-27(20-5-11-23(29-32)12-6-20)17-22(19-7-13-24(30)14-8-19)18-28(26)21-9-15-25(31)16-10-21/h5-18,30-31H,2-4H2,1H3. The highest BCUT2D eigenvalue weighted by Crippen LogP contribution is 2.39. The number of phenolic OH excluding ortho intramolecular Hbond substituents is 2. The molecule has 0 heterocycles. The van der Waals surface area contributed by atoms with Crippen LogP contribution in [0.15, 0.2) is 90.1 Å². The number of hydrogen-bond donors (Lipinski definition) is 2. The van der Waals surface area contributed by atoms with Crippen LogP contribution in [0.4, 0.5) is 5.69 Å². The van der Waals surface area contributed by atoms with E-state index in [4.69, 9.17) is 0 Å². The van der Waals surface area contributed by atoms with E-state index in [1.165, 1.54) is 5.56 Å². The minimum absolute atomic E-state index is 0.226. The first-order chi connectivity index (χ1) is 15.6. The minimum Gasteiger partial charge on any atom is -0.508 e. The fraction of sp³-hybridized carbons (Fsp3) is 0.143. The third-order valence-electron chi connectivity index (χ3n) is 5.69. The Kier molecular flexibility index (Phi) is 6.31. The average molecular weight is 424 g/mol. The zero-order valence-electron chi connectivity index (χ0n) is 18.0. The second-order valence-corrected chi connectivity index (χ2v) is 7.89. The number of aromatic hydroxyl groups is 2. The van der Waals surface area contributed by atoms with Gasteiger partial charge in [-0.2, -0.15) is 0 Å². The average Bonchev–Trinajstić information content (AvgIpc) is 2.83. The molecule has 4 aromatic rings. The van der Waals surface area contributed by atoms with Gasteiger partial charge in [0, 0.05) is 0 Å². The molecular formula is C28H25NO3. The Morgan fingerprint density at radius 2 is 1.12 bits per heavy atom. The maximum Gasteiger partial charge on any atom is 0.115 e. The lowest BCUT2D eigenvalue weighted by Crippen LogP contribution is -1.97. The van der Waals surface area contributed by atoms with Crippen LogP contribution in [0.1, 0.15) is 25.3 Å². The molecule has 4 rings (SSSR count). The molecule has 0 amide bonds. The van der Waals surface area contributed by atoms with Gasteiger partial charge in [-0.1, -0.05) is 49.7 Å². The van der Waals surface area contributed by atoms with Gasteiger partial charge in [0.1, 0.15) is 17.2 Å². The van der Waals surface area contributed by atoms with E-state index in [-0.39, 0.29) is 11.5 Å². The predicted octanol–water partition coefficient (Wildman–Crippen LogP) is 7.84. The van der Waals surface area contributed by atoms with Crippen LogP contribution in [-0.4, -0.2) is 10.2 Å². The molecule has 4 heteroatoms. The van der Waals surface area contributed by atoms with E-state index < -0.39 is 0 Å². The van der Waals surface area contributed by atoms with Gasteiger partial charge >= 0.3 is 0 Å². The Balaban J connectivity index is 1.98. The predicted molar refractivity (Wildman–Crippen MR) is 130 cm³/mol. The molecule has 0 aromatic heterocycles. The Labute approximate surface area is 187 Å². The summed E-state index contributed by atoms with van der Waals surface area (Å²) in [5.74, 6) is 0.458. The normalized spacial score (nSPS) is 10.8. The van der Waals surface area contributed by atoms with Crippen LogP contribution in [0.3, 0.4) is 0 Å². The van der Waals surface area contributed by atoms with E-state index in [0.29, 0.717) is 5.69 Å². The van der Waals surface area contributed by atoms with E-state index in [1.807, 2.05) is 36.4 Å². The Morgan fingerprint density at radius 1 is 0.656 bits per heavy atom. The second-order valence-electron chi connectivity index (χ2n) is 7.89. The Morgan fingerprint density at radius 3 is 1.59 bits per heavy atom. The van der Waals surface area contributed by atoms with Crippen molar-refractivity contribution in [3.63, 3.8) is 0 Å². The summed E-state index contributed by atoms with van der Waals surface area (Å²) in [6.07, 6.45) is 3.03. The van der Waals surface area contributed by atoms with Gasteiger partial charge in [0.2, 0.25) is 0 Å². The Hall–Kier alpha value is -3.92. The lowest BCUT2D eigenvalue weighted by molar-refractivity contribution is 0.475. The number of unbranched alkanes of at least 4 members (excludes halogenated alkanes) is 1. The first kappa shape index (κ1) is 21.3. The van der Waals surface area contributed by atoms with Crippen LogP contribution < -0.4 is 0 Å². The van der Waals surface area contributed by atoms with Crippen LogP contribution in [0.2, 0.25) is 0 Å². The third-order valence-corrected chi connectivity index (χ3v) is 5.69. The van der Waals surface area contributed by atoms with Crippen LogP contribution in [0.5, 0.6) is 11.5 Å². The summed E-state index contributed by atoms with van der Waals surface area (Å²) in [7, 11) is 0. The monoisotopic (exact) mass is 423 g/mol. The summed E-state index contributed by atoms with van der Waals surface area (Å²) in [6.45, 7) is 2.18. The maximum absolute atomic E-state index is 10.9. The number of nitroso groups, excluding NO2 is 1. The highest BCUT2D eigenvalue weighted by molar-refractivity contribution is 5.85. The third kappa shape index (κ3) is 4.54. The number of nitrogens with zero attached hydrogens (tertiary/aromatic N) is 1. The van der Waals surface area contributed by atoms with Crippen LogP contribution in [0, 0.1) is 4.91 Å². The molecule has 4 nitrogen and oxygen atoms in total. The molecule has 0 bridgehead atoms. The maximum atomic E-state index is 10.9. The zero-order valence-corrected chi connectivity index (χ0v) is 18.0. The molecule has 0 saturated carbocycles. The smallest absolute Gasteiger partial charge is 0.115 e. The van der Waals surface area contributed by atoms with E-state index >= 15 is 0 Å². The molecule has 0 aliphatic rings. The molecule has 0 aliphatic carbocycles. The molecule has 2 N–H and O–H groups in total. The van der Waals surface area contributed by atoms with Crippen molar-refractivity contribution in [3.05, 3.63) is 95.4 Å². The first-order valence-electron chi connectivity index (χ1n) is 10.8. The van der Waals surface area contributed by atoms with Crippen molar-refractivity contribution in [1.82, 2.24) is 0 Å². The fourth-order valence-corrected chi connectivity index (χ4v) is 3.97. The SMILES string of the molecule is CCCCc1c(-c2ccc(O)cc2)cc(-c2ccc(O)cc2)cc1-c1ccc(N=O)cc1. The molecule has 160 valence electrons. The molecule has 0 atom stereocenters. The van der Waals surface area contributed by atoms with E-state index in [9.17, 15) is 15.1 Å². The van der Waals surface area contributed by atoms with Crippen molar-refractivity contribution >= 4 is 5.69 Å². The summed E-state index contributed by atoms with van der Waals surface area (Å²) in [6, 6.07) is 26.1. The molecule has 0 spiro atoms. The van der Waals surface area contributed by atoms with Crippen LogP contribution in [0.25, 0.3) is 33.4 Å². The van der Waals surface area contributed by atoms with Gasteiger partial charge in [-0.05, 0) is 105 Å². The molecule has 4 aromatic carbocycles. The second kappa shape index (κ2) is 9.48. The topological polar surface area (TPSA) is 69.9 Å². The highest BCUT2D eigenvalue weighted by Gasteiger charge is 2.15. The largest absolute Gasteiger partial charge is 0.508 e.